The van der Waals surface area contributed by atoms with E-state index in [1.54, 1.807) is 18.5 Å². The first-order valence-electron chi connectivity index (χ1n) is 12.5. The number of aryl methyl sites for hydroxylation is 1. The van der Waals surface area contributed by atoms with Gasteiger partial charge in [0.05, 0.1) is 17.2 Å². The molecule has 2 atom stereocenters. The Morgan fingerprint density at radius 3 is 2.68 bits per heavy atom. The highest BCUT2D eigenvalue weighted by Gasteiger charge is 2.35. The molecule has 1 aliphatic carbocycles. The molecule has 38 heavy (non-hydrogen) atoms. The molecule has 4 rings (SSSR count). The third kappa shape index (κ3) is 5.99. The number of nitrogens with zero attached hydrogens (tertiary/aromatic N) is 3. The van der Waals surface area contributed by atoms with Crippen molar-refractivity contribution in [2.75, 3.05) is 14.1 Å². The summed E-state index contributed by atoms with van der Waals surface area (Å²) in [6.07, 6.45) is 5.65. The van der Waals surface area contributed by atoms with Gasteiger partial charge in [-0.3, -0.25) is 9.78 Å². The highest BCUT2D eigenvalue weighted by Crippen LogP contribution is 2.33. The Morgan fingerprint density at radius 2 is 2.00 bits per heavy atom. The van der Waals surface area contributed by atoms with E-state index in [9.17, 15) is 15.0 Å². The number of carbonyl (C=O) groups excluding carboxylic acids is 1. The van der Waals surface area contributed by atoms with Crippen molar-refractivity contribution in [2.45, 2.75) is 45.1 Å². The molecule has 1 aliphatic rings. The van der Waals surface area contributed by atoms with Crippen molar-refractivity contribution in [3.63, 3.8) is 0 Å². The number of pyridine rings is 2. The molecule has 1 aromatic carbocycles. The quantitative estimate of drug-likeness (QED) is 0.355. The minimum Gasteiger partial charge on any atom is -0.487 e. The fraction of sp³-hybridized carbons (Fsp3) is 0.345. The molecule has 200 valence electrons. The van der Waals surface area contributed by atoms with Crippen molar-refractivity contribution < 1.29 is 19.7 Å². The van der Waals surface area contributed by atoms with E-state index < -0.39 is 18.1 Å². The smallest absolute Gasteiger partial charge is 0.223 e. The van der Waals surface area contributed by atoms with Crippen molar-refractivity contribution >= 4 is 34.1 Å². The minimum absolute atomic E-state index is 0.153. The van der Waals surface area contributed by atoms with E-state index in [2.05, 4.69) is 16.9 Å². The van der Waals surface area contributed by atoms with Crippen molar-refractivity contribution in [3.05, 3.63) is 82.8 Å². The maximum atomic E-state index is 12.6. The van der Waals surface area contributed by atoms with E-state index >= 15 is 0 Å². The number of halogens is 1. The lowest BCUT2D eigenvalue weighted by Gasteiger charge is -2.20. The Balaban J connectivity index is 1.57. The van der Waals surface area contributed by atoms with Crippen molar-refractivity contribution in [3.8, 4) is 5.75 Å². The topological polar surface area (TPSA) is 108 Å². The molecule has 0 radical (unpaired) electrons. The van der Waals surface area contributed by atoms with Gasteiger partial charge in [0.15, 0.2) is 0 Å². The first-order valence-corrected chi connectivity index (χ1v) is 12.9. The Bertz CT molecular complexity index is 1360. The maximum absolute atomic E-state index is 12.6. The number of fused-ring (bicyclic) bond motifs is 1. The summed E-state index contributed by atoms with van der Waals surface area (Å²) in [6, 6.07) is 7.86. The van der Waals surface area contributed by atoms with E-state index in [-0.39, 0.29) is 31.9 Å². The molecular weight excluding hydrogens is 504 g/mol. The third-order valence-electron chi connectivity index (χ3n) is 6.75. The first-order chi connectivity index (χ1) is 18.2. The number of rotatable bonds is 9. The largest absolute Gasteiger partial charge is 0.487 e. The molecule has 0 saturated heterocycles. The van der Waals surface area contributed by atoms with Crippen LogP contribution in [0, 0.1) is 12.8 Å². The molecule has 8 nitrogen and oxygen atoms in total. The normalized spacial score (nSPS) is 18.0. The number of aliphatic hydroxyl groups is 2. The molecule has 2 aromatic heterocycles. The van der Waals surface area contributed by atoms with Crippen molar-refractivity contribution in [2.24, 2.45) is 5.92 Å². The summed E-state index contributed by atoms with van der Waals surface area (Å²) in [7, 11) is 3.97. The fourth-order valence-corrected chi connectivity index (χ4v) is 5.00. The maximum Gasteiger partial charge on any atom is 0.223 e. The van der Waals surface area contributed by atoms with Gasteiger partial charge < -0.3 is 25.2 Å². The molecule has 0 spiro atoms. The van der Waals surface area contributed by atoms with Gasteiger partial charge in [0.1, 0.15) is 17.9 Å². The second kappa shape index (κ2) is 11.9. The van der Waals surface area contributed by atoms with Gasteiger partial charge in [-0.25, -0.2) is 4.98 Å². The van der Waals surface area contributed by atoms with Crippen LogP contribution in [0.2, 0.25) is 5.02 Å². The summed E-state index contributed by atoms with van der Waals surface area (Å²) in [5, 5.41) is 23.8. The molecule has 1 fully saturated rings. The molecule has 9 heteroatoms. The average molecular weight is 537 g/mol. The fourth-order valence-electron chi connectivity index (χ4n) is 4.77. The summed E-state index contributed by atoms with van der Waals surface area (Å²) < 4.78 is 6.26. The summed E-state index contributed by atoms with van der Waals surface area (Å²) >= 11 is 6.50. The first kappa shape index (κ1) is 27.6. The van der Waals surface area contributed by atoms with Gasteiger partial charge in [0.2, 0.25) is 5.91 Å². The lowest BCUT2D eigenvalue weighted by atomic mass is 10.0. The predicted molar refractivity (Wildman–Crippen MR) is 149 cm³/mol. The Kier molecular flexibility index (Phi) is 8.66. The van der Waals surface area contributed by atoms with Crippen LogP contribution in [0.3, 0.4) is 0 Å². The van der Waals surface area contributed by atoms with E-state index in [4.69, 9.17) is 21.3 Å². The number of ether oxygens (including phenoxy) is 1. The van der Waals surface area contributed by atoms with Crippen molar-refractivity contribution in [1.82, 2.24) is 20.2 Å². The van der Waals surface area contributed by atoms with Crippen LogP contribution in [0.15, 0.2) is 55.4 Å². The number of benzene rings is 1. The van der Waals surface area contributed by atoms with Gasteiger partial charge in [-0.1, -0.05) is 36.4 Å². The average Bonchev–Trinajstić information content (AvgIpc) is 3.22. The molecule has 0 aliphatic heterocycles. The van der Waals surface area contributed by atoms with E-state index in [1.165, 1.54) is 0 Å². The molecule has 2 heterocycles. The van der Waals surface area contributed by atoms with Crippen LogP contribution in [0.5, 0.6) is 5.75 Å². The SMILES string of the molecule is C=C/C=C(/c1cc(C)nc2c(OCc3c(Cl)cncc3CNC(=O)C3C[C@@H](O)[C@H](O)C3)cccc12)N(C)C. The molecule has 3 aromatic rings. The highest BCUT2D eigenvalue weighted by atomic mass is 35.5. The standard InChI is InChI=1S/C29H33ClN4O4/c1-5-7-24(34(3)4)21-10-17(2)33-28-20(21)8-6-9-27(28)38-16-22-19(13-31-15-23(22)30)14-32-29(37)18-11-25(35)26(36)12-18/h5-10,13,15,18,25-26,35-36H,1,11-12,14,16H2,2-4H3,(H,32,37)/b24-7-/t25-,26-/m1/s1. The number of allylic oxidation sites excluding steroid dienone is 2. The second-order valence-electron chi connectivity index (χ2n) is 9.71. The minimum atomic E-state index is -0.873. The number of hydrogen-bond donors (Lipinski definition) is 3. The molecule has 3 N–H and O–H groups in total. The molecule has 0 unspecified atom stereocenters. The van der Waals surface area contributed by atoms with Crippen LogP contribution in [-0.4, -0.2) is 57.3 Å². The van der Waals surface area contributed by atoms with Gasteiger partial charge in [0, 0.05) is 66.9 Å². The number of aliphatic hydroxyl groups excluding tert-OH is 2. The predicted octanol–water partition coefficient (Wildman–Crippen LogP) is 4.01. The number of carbonyl (C=O) groups is 1. The summed E-state index contributed by atoms with van der Waals surface area (Å²) in [4.78, 5) is 23.6. The molecule has 1 saturated carbocycles. The van der Waals surface area contributed by atoms with E-state index in [0.29, 0.717) is 16.3 Å². The van der Waals surface area contributed by atoms with Gasteiger partial charge in [-0.05, 0) is 43.5 Å². The summed E-state index contributed by atoms with van der Waals surface area (Å²) in [5.41, 5.74) is 5.05. The molecular formula is C29H33ClN4O4. The van der Waals surface area contributed by atoms with E-state index in [0.717, 1.165) is 33.4 Å². The lowest BCUT2D eigenvalue weighted by molar-refractivity contribution is -0.125. The van der Waals surface area contributed by atoms with Crippen LogP contribution in [-0.2, 0) is 17.9 Å². The number of para-hydroxylation sites is 1. The zero-order chi connectivity index (χ0) is 27.4. The Morgan fingerprint density at radius 1 is 1.26 bits per heavy atom. The van der Waals surface area contributed by atoms with Crippen molar-refractivity contribution in [1.29, 1.82) is 0 Å². The summed E-state index contributed by atoms with van der Waals surface area (Å²) in [6.45, 7) is 6.15. The van der Waals surface area contributed by atoms with Gasteiger partial charge in [-0.2, -0.15) is 0 Å². The van der Waals surface area contributed by atoms with Crippen LogP contribution in [0.1, 0.15) is 35.2 Å². The monoisotopic (exact) mass is 536 g/mol. The van der Waals surface area contributed by atoms with Gasteiger partial charge >= 0.3 is 0 Å². The third-order valence-corrected chi connectivity index (χ3v) is 7.08. The second-order valence-corrected chi connectivity index (χ2v) is 10.1. The number of hydrogen-bond acceptors (Lipinski definition) is 7. The van der Waals surface area contributed by atoms with Crippen LogP contribution in [0.25, 0.3) is 16.6 Å². The van der Waals surface area contributed by atoms with Crippen LogP contribution < -0.4 is 10.1 Å². The van der Waals surface area contributed by atoms with Gasteiger partial charge in [-0.15, -0.1) is 0 Å². The Hall–Kier alpha value is -3.46. The van der Waals surface area contributed by atoms with Crippen LogP contribution >= 0.6 is 11.6 Å². The van der Waals surface area contributed by atoms with Gasteiger partial charge in [0.25, 0.3) is 0 Å². The number of aromatic nitrogens is 2. The molecule has 0 bridgehead atoms. The lowest BCUT2D eigenvalue weighted by Crippen LogP contribution is -2.30. The molecule has 1 amide bonds. The highest BCUT2D eigenvalue weighted by molar-refractivity contribution is 6.31. The number of amides is 1. The summed E-state index contributed by atoms with van der Waals surface area (Å²) in [5.74, 6) is -0.0489. The van der Waals surface area contributed by atoms with E-state index in [1.807, 2.05) is 56.3 Å². The zero-order valence-electron chi connectivity index (χ0n) is 21.8. The Labute approximate surface area is 227 Å². The zero-order valence-corrected chi connectivity index (χ0v) is 22.6. The van der Waals surface area contributed by atoms with Crippen LogP contribution in [0.4, 0.5) is 0 Å². The number of nitrogens with one attached hydrogen (secondary N) is 1.